The van der Waals surface area contributed by atoms with Gasteiger partial charge in [0.05, 0.1) is 0 Å². The summed E-state index contributed by atoms with van der Waals surface area (Å²) in [5.41, 5.74) is 3.23. The molecule has 0 heterocycles. The van der Waals surface area contributed by atoms with Gasteiger partial charge >= 0.3 is 0 Å². The van der Waals surface area contributed by atoms with Crippen molar-refractivity contribution in [2.75, 3.05) is 0 Å². The third kappa shape index (κ3) is 1.84. The second-order valence-corrected chi connectivity index (χ2v) is 7.81. The molecular formula is C16H28N2. The Morgan fingerprint density at radius 2 is 1.56 bits per heavy atom. The summed E-state index contributed by atoms with van der Waals surface area (Å²) in [6.07, 6.45) is 13.4. The standard InChI is InChI=1S/C16H28N2/c17-18-15(9-10-2-1-3-10)16-13-5-11-4-12(7-13)8-14(16)6-11/h10-16,18H,1-9,17H2. The number of rotatable bonds is 4. The van der Waals surface area contributed by atoms with E-state index >= 15 is 0 Å². The molecule has 18 heavy (non-hydrogen) atoms. The van der Waals surface area contributed by atoms with Gasteiger partial charge in [0.2, 0.25) is 0 Å². The lowest BCUT2D eigenvalue weighted by Gasteiger charge is -2.56. The normalized spacial score (nSPS) is 48.2. The molecule has 5 fully saturated rings. The Labute approximate surface area is 111 Å². The van der Waals surface area contributed by atoms with Gasteiger partial charge in [-0.15, -0.1) is 0 Å². The number of hydrogen-bond acceptors (Lipinski definition) is 2. The van der Waals surface area contributed by atoms with Gasteiger partial charge in [-0.2, -0.15) is 0 Å². The van der Waals surface area contributed by atoms with Gasteiger partial charge < -0.3 is 0 Å². The van der Waals surface area contributed by atoms with Crippen LogP contribution in [0.25, 0.3) is 0 Å². The van der Waals surface area contributed by atoms with Gasteiger partial charge in [-0.1, -0.05) is 19.3 Å². The van der Waals surface area contributed by atoms with Gasteiger partial charge in [0.1, 0.15) is 0 Å². The molecule has 0 saturated heterocycles. The quantitative estimate of drug-likeness (QED) is 0.593. The largest absolute Gasteiger partial charge is 0.271 e. The molecule has 0 amide bonds. The maximum absolute atomic E-state index is 5.93. The lowest BCUT2D eigenvalue weighted by Crippen LogP contribution is -2.55. The van der Waals surface area contributed by atoms with E-state index in [1.165, 1.54) is 51.4 Å². The van der Waals surface area contributed by atoms with Gasteiger partial charge in [-0.05, 0) is 74.0 Å². The van der Waals surface area contributed by atoms with E-state index in [0.29, 0.717) is 6.04 Å². The summed E-state index contributed by atoms with van der Waals surface area (Å²) < 4.78 is 0. The van der Waals surface area contributed by atoms with Crippen molar-refractivity contribution in [3.8, 4) is 0 Å². The molecular weight excluding hydrogens is 220 g/mol. The highest BCUT2D eigenvalue weighted by molar-refractivity contribution is 5.01. The molecule has 0 aromatic carbocycles. The molecule has 2 nitrogen and oxygen atoms in total. The van der Waals surface area contributed by atoms with Crippen molar-refractivity contribution in [2.45, 2.75) is 63.8 Å². The highest BCUT2D eigenvalue weighted by atomic mass is 15.2. The smallest absolute Gasteiger partial charge is 0.0246 e. The van der Waals surface area contributed by atoms with Crippen molar-refractivity contribution in [1.29, 1.82) is 0 Å². The van der Waals surface area contributed by atoms with Crippen LogP contribution in [0.3, 0.4) is 0 Å². The third-order valence-corrected chi connectivity index (χ3v) is 6.79. The van der Waals surface area contributed by atoms with Crippen LogP contribution < -0.4 is 11.3 Å². The van der Waals surface area contributed by atoms with E-state index in [1.54, 1.807) is 6.42 Å². The van der Waals surface area contributed by atoms with Crippen molar-refractivity contribution >= 4 is 0 Å². The summed E-state index contributed by atoms with van der Waals surface area (Å²) in [5, 5.41) is 0. The highest BCUT2D eigenvalue weighted by Gasteiger charge is 2.50. The summed E-state index contributed by atoms with van der Waals surface area (Å²) >= 11 is 0. The zero-order valence-corrected chi connectivity index (χ0v) is 11.5. The van der Waals surface area contributed by atoms with Crippen LogP contribution in [-0.4, -0.2) is 6.04 Å². The fourth-order valence-corrected chi connectivity index (χ4v) is 6.05. The Morgan fingerprint density at radius 3 is 2.00 bits per heavy atom. The minimum absolute atomic E-state index is 0.630. The first kappa shape index (κ1) is 11.7. The Kier molecular flexibility index (Phi) is 2.92. The molecule has 1 atom stereocenters. The fraction of sp³-hybridized carbons (Fsp3) is 1.00. The summed E-state index contributed by atoms with van der Waals surface area (Å²) in [5.74, 6) is 12.0. The molecule has 2 heteroatoms. The lowest BCUT2D eigenvalue weighted by molar-refractivity contribution is -0.0564. The van der Waals surface area contributed by atoms with Crippen LogP contribution in [0.4, 0.5) is 0 Å². The minimum atomic E-state index is 0.630. The topological polar surface area (TPSA) is 38.0 Å². The zero-order valence-electron chi connectivity index (χ0n) is 11.5. The van der Waals surface area contributed by atoms with Crippen LogP contribution in [0.15, 0.2) is 0 Å². The van der Waals surface area contributed by atoms with Crippen LogP contribution in [0.1, 0.15) is 57.8 Å². The highest BCUT2D eigenvalue weighted by Crippen LogP contribution is 2.57. The van der Waals surface area contributed by atoms with Gasteiger partial charge in [-0.3, -0.25) is 11.3 Å². The first-order valence-electron chi connectivity index (χ1n) is 8.29. The molecule has 4 bridgehead atoms. The Morgan fingerprint density at radius 1 is 0.944 bits per heavy atom. The summed E-state index contributed by atoms with van der Waals surface area (Å²) in [7, 11) is 0. The molecule has 5 saturated carbocycles. The van der Waals surface area contributed by atoms with Crippen LogP contribution in [-0.2, 0) is 0 Å². The van der Waals surface area contributed by atoms with Gasteiger partial charge in [-0.25, -0.2) is 0 Å². The van der Waals surface area contributed by atoms with Crippen molar-refractivity contribution in [3.05, 3.63) is 0 Å². The molecule has 0 spiro atoms. The van der Waals surface area contributed by atoms with Crippen molar-refractivity contribution in [1.82, 2.24) is 5.43 Å². The van der Waals surface area contributed by atoms with E-state index in [4.69, 9.17) is 5.84 Å². The molecule has 5 aliphatic rings. The maximum atomic E-state index is 5.93. The summed E-state index contributed by atoms with van der Waals surface area (Å²) in [4.78, 5) is 0. The molecule has 3 N–H and O–H groups in total. The molecule has 5 rings (SSSR count). The monoisotopic (exact) mass is 248 g/mol. The van der Waals surface area contributed by atoms with E-state index in [1.807, 2.05) is 0 Å². The number of hydrogen-bond donors (Lipinski definition) is 2. The van der Waals surface area contributed by atoms with Crippen LogP contribution in [0.2, 0.25) is 0 Å². The predicted molar refractivity (Wildman–Crippen MR) is 73.6 cm³/mol. The summed E-state index contributed by atoms with van der Waals surface area (Å²) in [6.45, 7) is 0. The maximum Gasteiger partial charge on any atom is 0.0246 e. The molecule has 5 aliphatic carbocycles. The Bertz CT molecular complexity index is 282. The zero-order chi connectivity index (χ0) is 12.1. The van der Waals surface area contributed by atoms with E-state index in [2.05, 4.69) is 5.43 Å². The molecule has 0 radical (unpaired) electrons. The lowest BCUT2D eigenvalue weighted by atomic mass is 9.50. The SMILES string of the molecule is NNC(CC1CCC1)C1C2CC3CC(C2)CC1C3. The first-order valence-corrected chi connectivity index (χ1v) is 8.29. The molecule has 102 valence electrons. The molecule has 0 aliphatic heterocycles. The summed E-state index contributed by atoms with van der Waals surface area (Å²) in [6, 6.07) is 0.630. The number of nitrogens with two attached hydrogens (primary N) is 1. The van der Waals surface area contributed by atoms with E-state index in [-0.39, 0.29) is 0 Å². The first-order chi connectivity index (χ1) is 8.83. The van der Waals surface area contributed by atoms with E-state index in [0.717, 1.165) is 35.5 Å². The van der Waals surface area contributed by atoms with E-state index in [9.17, 15) is 0 Å². The van der Waals surface area contributed by atoms with E-state index < -0.39 is 0 Å². The Balaban J connectivity index is 1.48. The van der Waals surface area contributed by atoms with Crippen molar-refractivity contribution < 1.29 is 0 Å². The minimum Gasteiger partial charge on any atom is -0.271 e. The van der Waals surface area contributed by atoms with Crippen molar-refractivity contribution in [3.63, 3.8) is 0 Å². The third-order valence-electron chi connectivity index (χ3n) is 6.79. The Hall–Kier alpha value is -0.0800. The average molecular weight is 248 g/mol. The van der Waals surface area contributed by atoms with Gasteiger partial charge in [0.25, 0.3) is 0 Å². The molecule has 0 aromatic heterocycles. The van der Waals surface area contributed by atoms with Crippen LogP contribution >= 0.6 is 0 Å². The predicted octanol–water partition coefficient (Wildman–Crippen LogP) is 3.08. The van der Waals surface area contributed by atoms with Crippen LogP contribution in [0, 0.1) is 35.5 Å². The second kappa shape index (κ2) is 4.49. The number of hydrazine groups is 1. The number of nitrogens with one attached hydrogen (secondary N) is 1. The average Bonchev–Trinajstić information content (AvgIpc) is 2.29. The second-order valence-electron chi connectivity index (χ2n) is 7.81. The van der Waals surface area contributed by atoms with Crippen molar-refractivity contribution in [2.24, 2.45) is 41.4 Å². The molecule has 0 aromatic rings. The van der Waals surface area contributed by atoms with Gasteiger partial charge in [0, 0.05) is 6.04 Å². The molecule has 1 unspecified atom stereocenters. The fourth-order valence-electron chi connectivity index (χ4n) is 6.05. The van der Waals surface area contributed by atoms with Gasteiger partial charge in [0.15, 0.2) is 0 Å². The van der Waals surface area contributed by atoms with Crippen LogP contribution in [0.5, 0.6) is 0 Å².